The van der Waals surface area contributed by atoms with Crippen molar-refractivity contribution < 1.29 is 4.84 Å². The molecule has 0 bridgehead atoms. The molecule has 1 aliphatic heterocycles. The molecular formula is C16H15NOS. The van der Waals surface area contributed by atoms with Crippen LogP contribution in [0.1, 0.15) is 12.5 Å². The molecule has 0 amide bonds. The van der Waals surface area contributed by atoms with Gasteiger partial charge in [-0.25, -0.2) is 0 Å². The van der Waals surface area contributed by atoms with Crippen molar-refractivity contribution in [3.63, 3.8) is 0 Å². The Kier molecular flexibility index (Phi) is 3.56. The number of thioether (sulfide) groups is 1. The van der Waals surface area contributed by atoms with Crippen LogP contribution in [0.4, 0.5) is 0 Å². The number of hydrogen-bond donors (Lipinski definition) is 0. The molecule has 1 aliphatic rings. The SMILES string of the molecule is C[C@H]1C(c2ccccc2)=NO[C@H]1Sc1ccccc1. The van der Waals surface area contributed by atoms with Gasteiger partial charge in [0.2, 0.25) is 0 Å². The monoisotopic (exact) mass is 269 g/mol. The van der Waals surface area contributed by atoms with E-state index in [2.05, 4.69) is 36.3 Å². The summed E-state index contributed by atoms with van der Waals surface area (Å²) in [7, 11) is 0. The maximum Gasteiger partial charge on any atom is 0.185 e. The van der Waals surface area contributed by atoms with Crippen LogP contribution in [-0.4, -0.2) is 11.1 Å². The number of oxime groups is 1. The Morgan fingerprint density at radius 1 is 0.947 bits per heavy atom. The summed E-state index contributed by atoms with van der Waals surface area (Å²) >= 11 is 1.72. The van der Waals surface area contributed by atoms with Gasteiger partial charge in [-0.15, -0.1) is 0 Å². The van der Waals surface area contributed by atoms with Crippen molar-refractivity contribution in [3.8, 4) is 0 Å². The molecule has 19 heavy (non-hydrogen) atoms. The molecule has 0 aliphatic carbocycles. The molecule has 0 saturated carbocycles. The van der Waals surface area contributed by atoms with E-state index in [1.807, 2.05) is 36.4 Å². The topological polar surface area (TPSA) is 21.6 Å². The van der Waals surface area contributed by atoms with Crippen LogP contribution in [0.2, 0.25) is 0 Å². The molecule has 0 radical (unpaired) electrons. The van der Waals surface area contributed by atoms with Crippen molar-refractivity contribution in [1.82, 2.24) is 0 Å². The molecule has 0 fully saturated rings. The zero-order valence-corrected chi connectivity index (χ0v) is 11.5. The van der Waals surface area contributed by atoms with Gasteiger partial charge in [-0.05, 0) is 17.7 Å². The van der Waals surface area contributed by atoms with Crippen molar-refractivity contribution in [2.45, 2.75) is 17.3 Å². The maximum atomic E-state index is 5.59. The minimum Gasteiger partial charge on any atom is -0.380 e. The lowest BCUT2D eigenvalue weighted by molar-refractivity contribution is 0.131. The highest BCUT2D eigenvalue weighted by Gasteiger charge is 2.31. The van der Waals surface area contributed by atoms with Gasteiger partial charge < -0.3 is 4.84 Å². The first-order valence-corrected chi connectivity index (χ1v) is 7.23. The van der Waals surface area contributed by atoms with Crippen molar-refractivity contribution in [3.05, 3.63) is 66.2 Å². The van der Waals surface area contributed by atoms with E-state index >= 15 is 0 Å². The molecule has 2 aromatic rings. The van der Waals surface area contributed by atoms with E-state index in [4.69, 9.17) is 4.84 Å². The summed E-state index contributed by atoms with van der Waals surface area (Å²) in [5, 5.41) is 4.26. The van der Waals surface area contributed by atoms with Gasteiger partial charge >= 0.3 is 0 Å². The van der Waals surface area contributed by atoms with Crippen LogP contribution in [0.25, 0.3) is 0 Å². The molecule has 3 rings (SSSR count). The Balaban J connectivity index is 1.73. The summed E-state index contributed by atoms with van der Waals surface area (Å²) in [5.74, 6) is 0.285. The Hall–Kier alpha value is -1.74. The van der Waals surface area contributed by atoms with E-state index in [9.17, 15) is 0 Å². The molecule has 2 aromatic carbocycles. The number of nitrogens with zero attached hydrogens (tertiary/aromatic N) is 1. The first-order chi connectivity index (χ1) is 9.34. The first-order valence-electron chi connectivity index (χ1n) is 6.35. The zero-order valence-electron chi connectivity index (χ0n) is 10.7. The molecule has 0 saturated heterocycles. The van der Waals surface area contributed by atoms with Gasteiger partial charge in [-0.1, -0.05) is 72.4 Å². The average molecular weight is 269 g/mol. The third kappa shape index (κ3) is 2.66. The first kappa shape index (κ1) is 12.3. The van der Waals surface area contributed by atoms with Crippen molar-refractivity contribution in [2.24, 2.45) is 11.1 Å². The fourth-order valence-electron chi connectivity index (χ4n) is 2.09. The summed E-state index contributed by atoms with van der Waals surface area (Å²) < 4.78 is 0. The van der Waals surface area contributed by atoms with Crippen LogP contribution in [0.15, 0.2) is 70.7 Å². The van der Waals surface area contributed by atoms with Crippen molar-refractivity contribution >= 4 is 17.5 Å². The van der Waals surface area contributed by atoms with Gasteiger partial charge in [0.05, 0.1) is 11.6 Å². The van der Waals surface area contributed by atoms with E-state index in [1.54, 1.807) is 11.8 Å². The number of hydrogen-bond acceptors (Lipinski definition) is 3. The summed E-state index contributed by atoms with van der Waals surface area (Å²) in [6.45, 7) is 2.17. The van der Waals surface area contributed by atoms with Gasteiger partial charge in [0.25, 0.3) is 0 Å². The van der Waals surface area contributed by atoms with Crippen molar-refractivity contribution in [2.75, 3.05) is 0 Å². The van der Waals surface area contributed by atoms with Crippen LogP contribution < -0.4 is 0 Å². The summed E-state index contributed by atoms with van der Waals surface area (Å²) in [5.41, 5.74) is 2.23. The second-order valence-electron chi connectivity index (χ2n) is 4.54. The van der Waals surface area contributed by atoms with E-state index in [0.717, 1.165) is 11.3 Å². The summed E-state index contributed by atoms with van der Waals surface area (Å²) in [6, 6.07) is 20.5. The van der Waals surface area contributed by atoms with Gasteiger partial charge in [0.15, 0.2) is 5.44 Å². The highest BCUT2D eigenvalue weighted by molar-refractivity contribution is 7.99. The minimum atomic E-state index is 0.0533. The zero-order chi connectivity index (χ0) is 13.1. The predicted octanol–water partition coefficient (Wildman–Crippen LogP) is 4.18. The fraction of sp³-hybridized carbons (Fsp3) is 0.188. The smallest absolute Gasteiger partial charge is 0.185 e. The normalized spacial score (nSPS) is 21.8. The highest BCUT2D eigenvalue weighted by Crippen LogP contribution is 2.34. The van der Waals surface area contributed by atoms with Gasteiger partial charge in [0.1, 0.15) is 0 Å². The van der Waals surface area contributed by atoms with E-state index in [0.29, 0.717) is 0 Å². The predicted molar refractivity (Wildman–Crippen MR) is 79.3 cm³/mol. The largest absolute Gasteiger partial charge is 0.380 e. The Bertz CT molecular complexity index is 568. The molecule has 0 unspecified atom stereocenters. The second-order valence-corrected chi connectivity index (χ2v) is 5.71. The Morgan fingerprint density at radius 2 is 1.58 bits per heavy atom. The molecule has 0 aromatic heterocycles. The quantitative estimate of drug-likeness (QED) is 0.834. The van der Waals surface area contributed by atoms with Crippen LogP contribution in [0.3, 0.4) is 0 Å². The highest BCUT2D eigenvalue weighted by atomic mass is 32.2. The van der Waals surface area contributed by atoms with Gasteiger partial charge in [-0.3, -0.25) is 0 Å². The van der Waals surface area contributed by atoms with Gasteiger partial charge in [-0.2, -0.15) is 0 Å². The molecule has 2 nitrogen and oxygen atoms in total. The van der Waals surface area contributed by atoms with Gasteiger partial charge in [0, 0.05) is 4.90 Å². The van der Waals surface area contributed by atoms with Crippen molar-refractivity contribution in [1.29, 1.82) is 0 Å². The number of rotatable bonds is 3. The second kappa shape index (κ2) is 5.49. The lowest BCUT2D eigenvalue weighted by Crippen LogP contribution is -2.17. The summed E-state index contributed by atoms with van der Waals surface area (Å²) in [6.07, 6.45) is 0. The van der Waals surface area contributed by atoms with Crippen LogP contribution >= 0.6 is 11.8 Å². The lowest BCUT2D eigenvalue weighted by Gasteiger charge is -2.14. The fourth-order valence-corrected chi connectivity index (χ4v) is 3.09. The molecule has 96 valence electrons. The third-order valence-electron chi connectivity index (χ3n) is 3.16. The lowest BCUT2D eigenvalue weighted by atomic mass is 10.00. The molecule has 0 spiro atoms. The molecule has 3 heteroatoms. The molecular weight excluding hydrogens is 254 g/mol. The van der Waals surface area contributed by atoms with Crippen LogP contribution in [0.5, 0.6) is 0 Å². The third-order valence-corrected chi connectivity index (χ3v) is 4.43. The minimum absolute atomic E-state index is 0.0533. The van der Waals surface area contributed by atoms with E-state index in [1.165, 1.54) is 4.90 Å². The van der Waals surface area contributed by atoms with E-state index < -0.39 is 0 Å². The van der Waals surface area contributed by atoms with Crippen LogP contribution in [-0.2, 0) is 4.84 Å². The Morgan fingerprint density at radius 3 is 2.26 bits per heavy atom. The van der Waals surface area contributed by atoms with E-state index in [-0.39, 0.29) is 11.4 Å². The molecule has 2 atom stereocenters. The average Bonchev–Trinajstić information content (AvgIpc) is 2.82. The van der Waals surface area contributed by atoms with Crippen LogP contribution in [0, 0.1) is 5.92 Å². The molecule has 1 heterocycles. The molecule has 0 N–H and O–H groups in total. The number of benzene rings is 2. The Labute approximate surface area is 117 Å². The maximum absolute atomic E-state index is 5.59. The standard InChI is InChI=1S/C16H15NOS/c1-12-15(13-8-4-2-5-9-13)17-18-16(12)19-14-10-6-3-7-11-14/h2-12,16H,1H3/t12-,16-/m0/s1. The summed E-state index contributed by atoms with van der Waals surface area (Å²) in [4.78, 5) is 6.80.